The highest BCUT2D eigenvalue weighted by Gasteiger charge is 2.14. The third-order valence-corrected chi connectivity index (χ3v) is 4.59. The molecular weight excluding hydrogens is 315 g/mol. The predicted molar refractivity (Wildman–Crippen MR) is 85.7 cm³/mol. The smallest absolute Gasteiger partial charge is 0.0781 e. The molecule has 1 aromatic heterocycles. The van der Waals surface area contributed by atoms with E-state index in [4.69, 9.17) is 34.8 Å². The fraction of sp³-hybridized carbons (Fsp3) is 0.267. The standard InChI is InChI=1S/C15H15Cl3N2/c1-9-5-6-19-7-11(9)8-20-10(2)12-3-4-13(16)15(18)14(12)17/h3-7,10,20H,8H2,1-2H3. The molecule has 20 heavy (non-hydrogen) atoms. The fourth-order valence-corrected chi connectivity index (χ4v) is 2.64. The molecule has 0 bridgehead atoms. The van der Waals surface area contributed by atoms with E-state index in [0.717, 1.165) is 17.7 Å². The summed E-state index contributed by atoms with van der Waals surface area (Å²) in [4.78, 5) is 4.13. The van der Waals surface area contributed by atoms with E-state index in [0.29, 0.717) is 15.1 Å². The summed E-state index contributed by atoms with van der Waals surface area (Å²) in [5, 5.41) is 4.79. The van der Waals surface area contributed by atoms with Gasteiger partial charge in [0.1, 0.15) is 0 Å². The van der Waals surface area contributed by atoms with Crippen LogP contribution >= 0.6 is 34.8 Å². The lowest BCUT2D eigenvalue weighted by molar-refractivity contribution is 0.572. The summed E-state index contributed by atoms with van der Waals surface area (Å²) in [7, 11) is 0. The number of halogens is 3. The highest BCUT2D eigenvalue weighted by molar-refractivity contribution is 6.48. The largest absolute Gasteiger partial charge is 0.306 e. The highest BCUT2D eigenvalue weighted by Crippen LogP contribution is 2.35. The molecule has 1 atom stereocenters. The van der Waals surface area contributed by atoms with Crippen LogP contribution in [-0.4, -0.2) is 4.98 Å². The van der Waals surface area contributed by atoms with Crippen molar-refractivity contribution in [2.75, 3.05) is 0 Å². The molecule has 0 fully saturated rings. The second-order valence-electron chi connectivity index (χ2n) is 4.67. The average Bonchev–Trinajstić information content (AvgIpc) is 2.44. The SMILES string of the molecule is Cc1ccncc1CNC(C)c1ccc(Cl)c(Cl)c1Cl. The van der Waals surface area contributed by atoms with Crippen LogP contribution in [0.25, 0.3) is 0 Å². The van der Waals surface area contributed by atoms with Gasteiger partial charge in [-0.25, -0.2) is 0 Å². The van der Waals surface area contributed by atoms with Gasteiger partial charge in [-0.15, -0.1) is 0 Å². The van der Waals surface area contributed by atoms with Crippen molar-refractivity contribution in [3.05, 3.63) is 62.4 Å². The molecule has 2 rings (SSSR count). The van der Waals surface area contributed by atoms with Crippen LogP contribution < -0.4 is 5.32 Å². The van der Waals surface area contributed by atoms with E-state index < -0.39 is 0 Å². The summed E-state index contributed by atoms with van der Waals surface area (Å²) in [6.07, 6.45) is 3.66. The Kier molecular flexibility index (Phi) is 5.28. The highest BCUT2D eigenvalue weighted by atomic mass is 35.5. The van der Waals surface area contributed by atoms with E-state index in [1.54, 1.807) is 12.3 Å². The summed E-state index contributed by atoms with van der Waals surface area (Å²) in [6, 6.07) is 5.72. The first-order valence-electron chi connectivity index (χ1n) is 6.27. The number of aromatic nitrogens is 1. The molecule has 2 nitrogen and oxygen atoms in total. The van der Waals surface area contributed by atoms with Crippen molar-refractivity contribution in [1.29, 1.82) is 0 Å². The van der Waals surface area contributed by atoms with E-state index in [1.807, 2.05) is 25.3 Å². The molecule has 2 aromatic rings. The van der Waals surface area contributed by atoms with Crippen LogP contribution in [-0.2, 0) is 6.54 Å². The Labute approximate surface area is 134 Å². The van der Waals surface area contributed by atoms with Gasteiger partial charge in [-0.05, 0) is 42.7 Å². The maximum absolute atomic E-state index is 6.24. The molecule has 0 aliphatic heterocycles. The molecule has 1 unspecified atom stereocenters. The Bertz CT molecular complexity index is 614. The summed E-state index contributed by atoms with van der Waals surface area (Å²) in [5.41, 5.74) is 3.30. The van der Waals surface area contributed by atoms with Gasteiger partial charge in [0.05, 0.1) is 15.1 Å². The van der Waals surface area contributed by atoms with Gasteiger partial charge in [-0.2, -0.15) is 0 Å². The first-order valence-corrected chi connectivity index (χ1v) is 7.40. The number of hydrogen-bond acceptors (Lipinski definition) is 2. The quantitative estimate of drug-likeness (QED) is 0.780. The lowest BCUT2D eigenvalue weighted by Gasteiger charge is -2.17. The molecule has 106 valence electrons. The Balaban J connectivity index is 2.11. The van der Waals surface area contributed by atoms with Crippen molar-refractivity contribution in [2.45, 2.75) is 26.4 Å². The van der Waals surface area contributed by atoms with Crippen molar-refractivity contribution in [1.82, 2.24) is 10.3 Å². The Morgan fingerprint density at radius 3 is 2.60 bits per heavy atom. The Morgan fingerprint density at radius 1 is 1.15 bits per heavy atom. The maximum Gasteiger partial charge on any atom is 0.0781 e. The third-order valence-electron chi connectivity index (χ3n) is 3.28. The monoisotopic (exact) mass is 328 g/mol. The zero-order valence-electron chi connectivity index (χ0n) is 11.3. The number of nitrogens with zero attached hydrogens (tertiary/aromatic N) is 1. The summed E-state index contributed by atoms with van der Waals surface area (Å²) in [5.74, 6) is 0. The van der Waals surface area contributed by atoms with Gasteiger partial charge in [-0.1, -0.05) is 40.9 Å². The number of hydrogen-bond donors (Lipinski definition) is 1. The van der Waals surface area contributed by atoms with Crippen molar-refractivity contribution in [2.24, 2.45) is 0 Å². The van der Waals surface area contributed by atoms with E-state index in [1.165, 1.54) is 5.56 Å². The molecule has 1 N–H and O–H groups in total. The van der Waals surface area contributed by atoms with Gasteiger partial charge in [0.25, 0.3) is 0 Å². The fourth-order valence-electron chi connectivity index (χ4n) is 1.93. The van der Waals surface area contributed by atoms with Crippen LogP contribution in [0.3, 0.4) is 0 Å². The summed E-state index contributed by atoms with van der Waals surface area (Å²) < 4.78 is 0. The second kappa shape index (κ2) is 6.77. The van der Waals surface area contributed by atoms with Crippen molar-refractivity contribution < 1.29 is 0 Å². The maximum atomic E-state index is 6.24. The molecule has 0 aliphatic rings. The molecule has 5 heteroatoms. The number of nitrogens with one attached hydrogen (secondary N) is 1. The minimum absolute atomic E-state index is 0.0665. The van der Waals surface area contributed by atoms with Crippen molar-refractivity contribution in [3.8, 4) is 0 Å². The third kappa shape index (κ3) is 3.44. The van der Waals surface area contributed by atoms with E-state index in [2.05, 4.69) is 17.2 Å². The van der Waals surface area contributed by atoms with E-state index >= 15 is 0 Å². The minimum Gasteiger partial charge on any atom is -0.306 e. The van der Waals surface area contributed by atoms with Gasteiger partial charge in [0, 0.05) is 25.0 Å². The van der Waals surface area contributed by atoms with E-state index in [9.17, 15) is 0 Å². The van der Waals surface area contributed by atoms with E-state index in [-0.39, 0.29) is 6.04 Å². The molecule has 0 amide bonds. The summed E-state index contributed by atoms with van der Waals surface area (Å²) >= 11 is 18.2. The molecule has 0 aliphatic carbocycles. The molecule has 0 spiro atoms. The molecule has 0 saturated carbocycles. The van der Waals surface area contributed by atoms with Gasteiger partial charge in [0.15, 0.2) is 0 Å². The Morgan fingerprint density at radius 2 is 1.90 bits per heavy atom. The normalized spacial score (nSPS) is 12.4. The van der Waals surface area contributed by atoms with Crippen LogP contribution in [0.4, 0.5) is 0 Å². The summed E-state index contributed by atoms with van der Waals surface area (Å²) in [6.45, 7) is 4.82. The topological polar surface area (TPSA) is 24.9 Å². The molecule has 1 heterocycles. The molecule has 1 aromatic carbocycles. The number of benzene rings is 1. The average molecular weight is 330 g/mol. The lowest BCUT2D eigenvalue weighted by Crippen LogP contribution is -2.19. The molecule has 0 saturated heterocycles. The van der Waals surface area contributed by atoms with Gasteiger partial charge >= 0.3 is 0 Å². The van der Waals surface area contributed by atoms with Crippen molar-refractivity contribution in [3.63, 3.8) is 0 Å². The zero-order valence-corrected chi connectivity index (χ0v) is 13.5. The first-order chi connectivity index (χ1) is 9.50. The van der Waals surface area contributed by atoms with Crippen LogP contribution in [0.1, 0.15) is 29.7 Å². The molecular formula is C15H15Cl3N2. The predicted octanol–water partition coefficient (Wildman–Crippen LogP) is 5.20. The number of aryl methyl sites for hydroxylation is 1. The van der Waals surface area contributed by atoms with Crippen LogP contribution in [0.2, 0.25) is 15.1 Å². The van der Waals surface area contributed by atoms with Crippen molar-refractivity contribution >= 4 is 34.8 Å². The number of rotatable bonds is 4. The van der Waals surface area contributed by atoms with Crippen LogP contribution in [0.5, 0.6) is 0 Å². The first kappa shape index (κ1) is 15.6. The lowest BCUT2D eigenvalue weighted by atomic mass is 10.1. The minimum atomic E-state index is 0.0665. The van der Waals surface area contributed by atoms with Crippen LogP contribution in [0, 0.1) is 6.92 Å². The van der Waals surface area contributed by atoms with Gasteiger partial charge in [-0.3, -0.25) is 4.98 Å². The second-order valence-corrected chi connectivity index (χ2v) is 5.83. The van der Waals surface area contributed by atoms with Crippen LogP contribution in [0.15, 0.2) is 30.6 Å². The Hall–Kier alpha value is -0.800. The van der Waals surface area contributed by atoms with Gasteiger partial charge in [0.2, 0.25) is 0 Å². The molecule has 0 radical (unpaired) electrons. The number of pyridine rings is 1. The van der Waals surface area contributed by atoms with Gasteiger partial charge < -0.3 is 5.32 Å². The zero-order chi connectivity index (χ0) is 14.7.